The van der Waals surface area contributed by atoms with Gasteiger partial charge in [-0.2, -0.15) is 0 Å². The number of hydrogen-bond acceptors (Lipinski definition) is 2. The number of nitrogens with one attached hydrogen (secondary N) is 1. The molecule has 1 aromatic heterocycles. The van der Waals surface area contributed by atoms with Crippen LogP contribution in [-0.4, -0.2) is 10.9 Å². The molecule has 1 rings (SSSR count). The maximum Gasteiger partial charge on any atom is 0.224 e. The number of anilines is 1. The highest BCUT2D eigenvalue weighted by molar-refractivity contribution is 6.29. The van der Waals surface area contributed by atoms with E-state index in [-0.39, 0.29) is 5.91 Å². The molecule has 0 aliphatic carbocycles. The molecule has 0 fully saturated rings. The van der Waals surface area contributed by atoms with E-state index in [9.17, 15) is 4.79 Å². The fourth-order valence-corrected chi connectivity index (χ4v) is 1.21. The second-order valence-electron chi connectivity index (χ2n) is 3.02. The van der Waals surface area contributed by atoms with Gasteiger partial charge in [-0.25, -0.2) is 4.98 Å². The lowest BCUT2D eigenvalue weighted by atomic mass is 10.2. The zero-order valence-electron chi connectivity index (χ0n) is 8.09. The molecule has 0 unspecified atom stereocenters. The molecule has 4 heteroatoms. The Bertz CT molecular complexity index is 315. The van der Waals surface area contributed by atoms with E-state index in [0.717, 1.165) is 12.8 Å². The number of pyridine rings is 1. The third kappa shape index (κ3) is 3.75. The van der Waals surface area contributed by atoms with Gasteiger partial charge in [-0.15, -0.1) is 0 Å². The van der Waals surface area contributed by atoms with Crippen molar-refractivity contribution >= 4 is 23.2 Å². The molecule has 0 spiro atoms. The molecule has 0 aliphatic heterocycles. The van der Waals surface area contributed by atoms with Gasteiger partial charge in [0.05, 0.1) is 0 Å². The van der Waals surface area contributed by atoms with Gasteiger partial charge in [0.15, 0.2) is 0 Å². The Kier molecular flexibility index (Phi) is 4.40. The van der Waals surface area contributed by atoms with Crippen LogP contribution in [0.25, 0.3) is 0 Å². The van der Waals surface area contributed by atoms with Crippen LogP contribution in [0, 0.1) is 0 Å². The van der Waals surface area contributed by atoms with Gasteiger partial charge in [0, 0.05) is 18.3 Å². The van der Waals surface area contributed by atoms with E-state index in [4.69, 9.17) is 11.6 Å². The van der Waals surface area contributed by atoms with Crippen LogP contribution in [-0.2, 0) is 4.79 Å². The number of amides is 1. The molecule has 0 aliphatic rings. The number of rotatable bonds is 4. The highest BCUT2D eigenvalue weighted by Crippen LogP contribution is 2.12. The normalized spacial score (nSPS) is 9.86. The predicted octanol–water partition coefficient (Wildman–Crippen LogP) is 2.86. The minimum atomic E-state index is 0.0223. The number of nitrogens with zero attached hydrogens (tertiary/aromatic N) is 1. The van der Waals surface area contributed by atoms with E-state index in [1.165, 1.54) is 0 Å². The largest absolute Gasteiger partial charge is 0.326 e. The van der Waals surface area contributed by atoms with Gasteiger partial charge >= 0.3 is 0 Å². The number of hydrogen-bond donors (Lipinski definition) is 1. The van der Waals surface area contributed by atoms with Crippen LogP contribution in [0.3, 0.4) is 0 Å². The van der Waals surface area contributed by atoms with Crippen molar-refractivity contribution in [3.05, 3.63) is 23.5 Å². The van der Waals surface area contributed by atoms with Crippen LogP contribution in [0.4, 0.5) is 5.69 Å². The molecule has 1 heterocycles. The Hall–Kier alpha value is -1.09. The fraction of sp³-hybridized carbons (Fsp3) is 0.400. The molecule has 0 atom stereocenters. The van der Waals surface area contributed by atoms with Gasteiger partial charge < -0.3 is 5.32 Å². The third-order valence-corrected chi connectivity index (χ3v) is 1.97. The van der Waals surface area contributed by atoms with Gasteiger partial charge in [0.25, 0.3) is 0 Å². The Morgan fingerprint density at radius 1 is 1.64 bits per heavy atom. The zero-order valence-corrected chi connectivity index (χ0v) is 8.84. The molecule has 14 heavy (non-hydrogen) atoms. The van der Waals surface area contributed by atoms with Gasteiger partial charge in [-0.1, -0.05) is 24.9 Å². The summed E-state index contributed by atoms with van der Waals surface area (Å²) in [5.74, 6) is 0.0223. The lowest BCUT2D eigenvalue weighted by Gasteiger charge is -2.03. The van der Waals surface area contributed by atoms with E-state index in [1.54, 1.807) is 18.3 Å². The summed E-state index contributed by atoms with van der Waals surface area (Å²) in [6.07, 6.45) is 4.05. The quantitative estimate of drug-likeness (QED) is 0.780. The van der Waals surface area contributed by atoms with E-state index < -0.39 is 0 Å². The Labute approximate surface area is 88.5 Å². The van der Waals surface area contributed by atoms with Gasteiger partial charge in [-0.05, 0) is 18.6 Å². The number of carbonyl (C=O) groups is 1. The molecule has 0 bridgehead atoms. The van der Waals surface area contributed by atoms with Crippen LogP contribution in [0.2, 0.25) is 5.15 Å². The zero-order chi connectivity index (χ0) is 10.4. The monoisotopic (exact) mass is 212 g/mol. The number of unbranched alkanes of at least 4 members (excludes halogenated alkanes) is 1. The van der Waals surface area contributed by atoms with Crippen molar-refractivity contribution in [2.24, 2.45) is 0 Å². The summed E-state index contributed by atoms with van der Waals surface area (Å²) in [7, 11) is 0. The lowest BCUT2D eigenvalue weighted by Crippen LogP contribution is -2.10. The molecule has 76 valence electrons. The summed E-state index contributed by atoms with van der Waals surface area (Å²) < 4.78 is 0. The van der Waals surface area contributed by atoms with Crippen molar-refractivity contribution in [1.82, 2.24) is 4.98 Å². The summed E-state index contributed by atoms with van der Waals surface area (Å²) in [5, 5.41) is 3.14. The Balaban J connectivity index is 2.47. The first-order valence-electron chi connectivity index (χ1n) is 4.63. The molecule has 3 nitrogen and oxygen atoms in total. The number of halogens is 1. The number of carbonyl (C=O) groups excluding carboxylic acids is 1. The smallest absolute Gasteiger partial charge is 0.224 e. The highest BCUT2D eigenvalue weighted by atomic mass is 35.5. The minimum absolute atomic E-state index is 0.0223. The molecule has 0 radical (unpaired) electrons. The first-order valence-corrected chi connectivity index (χ1v) is 5.01. The van der Waals surface area contributed by atoms with Crippen LogP contribution < -0.4 is 5.32 Å². The van der Waals surface area contributed by atoms with Gasteiger partial charge in [-0.3, -0.25) is 4.79 Å². The molecule has 1 N–H and O–H groups in total. The molecule has 1 amide bonds. The first-order chi connectivity index (χ1) is 6.72. The van der Waals surface area contributed by atoms with E-state index in [1.807, 2.05) is 0 Å². The van der Waals surface area contributed by atoms with E-state index in [0.29, 0.717) is 17.3 Å². The summed E-state index contributed by atoms with van der Waals surface area (Å²) in [5.41, 5.74) is 0.700. The molecule has 0 saturated heterocycles. The molecule has 1 aromatic rings. The highest BCUT2D eigenvalue weighted by Gasteiger charge is 2.01. The maximum atomic E-state index is 11.3. The SMILES string of the molecule is CCCCC(=O)Nc1ccnc(Cl)c1. The standard InChI is InChI=1S/C10H13ClN2O/c1-2-3-4-10(14)13-8-5-6-12-9(11)7-8/h5-7H,2-4H2,1H3,(H,12,13,14). The second-order valence-corrected chi connectivity index (χ2v) is 3.41. The average molecular weight is 213 g/mol. The van der Waals surface area contributed by atoms with Crippen molar-refractivity contribution in [3.63, 3.8) is 0 Å². The summed E-state index contributed by atoms with van der Waals surface area (Å²) in [6.45, 7) is 2.05. The van der Waals surface area contributed by atoms with Gasteiger partial charge in [0.2, 0.25) is 5.91 Å². The molecule has 0 aromatic carbocycles. The maximum absolute atomic E-state index is 11.3. The Morgan fingerprint density at radius 2 is 2.43 bits per heavy atom. The number of aromatic nitrogens is 1. The van der Waals surface area contributed by atoms with Crippen molar-refractivity contribution in [2.45, 2.75) is 26.2 Å². The van der Waals surface area contributed by atoms with E-state index in [2.05, 4.69) is 17.2 Å². The van der Waals surface area contributed by atoms with Crippen LogP contribution in [0.15, 0.2) is 18.3 Å². The fourth-order valence-electron chi connectivity index (χ4n) is 1.04. The molecular formula is C10H13ClN2O. The Morgan fingerprint density at radius 3 is 3.07 bits per heavy atom. The van der Waals surface area contributed by atoms with E-state index >= 15 is 0 Å². The predicted molar refractivity (Wildman–Crippen MR) is 57.4 cm³/mol. The summed E-state index contributed by atoms with van der Waals surface area (Å²) >= 11 is 5.67. The topological polar surface area (TPSA) is 42.0 Å². The third-order valence-electron chi connectivity index (χ3n) is 1.77. The second kappa shape index (κ2) is 5.60. The minimum Gasteiger partial charge on any atom is -0.326 e. The van der Waals surface area contributed by atoms with Crippen molar-refractivity contribution in [1.29, 1.82) is 0 Å². The van der Waals surface area contributed by atoms with Crippen LogP contribution in [0.5, 0.6) is 0 Å². The van der Waals surface area contributed by atoms with Crippen LogP contribution in [0.1, 0.15) is 26.2 Å². The summed E-state index contributed by atoms with van der Waals surface area (Å²) in [4.78, 5) is 15.1. The van der Waals surface area contributed by atoms with Crippen molar-refractivity contribution in [3.8, 4) is 0 Å². The molecular weight excluding hydrogens is 200 g/mol. The van der Waals surface area contributed by atoms with Crippen LogP contribution >= 0.6 is 11.6 Å². The average Bonchev–Trinajstić information content (AvgIpc) is 2.15. The lowest BCUT2D eigenvalue weighted by molar-refractivity contribution is -0.116. The first kappa shape index (κ1) is 11.0. The summed E-state index contributed by atoms with van der Waals surface area (Å²) in [6, 6.07) is 3.35. The van der Waals surface area contributed by atoms with Gasteiger partial charge in [0.1, 0.15) is 5.15 Å². The van der Waals surface area contributed by atoms with Crippen molar-refractivity contribution in [2.75, 3.05) is 5.32 Å². The molecule has 0 saturated carbocycles. The van der Waals surface area contributed by atoms with Crippen molar-refractivity contribution < 1.29 is 4.79 Å².